The minimum atomic E-state index is -0.387. The number of aromatic nitrogens is 4. The van der Waals surface area contributed by atoms with Crippen molar-refractivity contribution in [3.05, 3.63) is 24.0 Å². The van der Waals surface area contributed by atoms with Crippen LogP contribution in [0.5, 0.6) is 0 Å². The summed E-state index contributed by atoms with van der Waals surface area (Å²) in [4.78, 5) is 0. The lowest BCUT2D eigenvalue weighted by atomic mass is 10.0. The number of tetrazole rings is 1. The van der Waals surface area contributed by atoms with E-state index in [1.165, 1.54) is 12.1 Å². The second kappa shape index (κ2) is 5.96. The largest absolute Gasteiger partial charge is 0.398 e. The van der Waals surface area contributed by atoms with Crippen molar-refractivity contribution in [2.75, 3.05) is 19.5 Å². The fourth-order valence-corrected chi connectivity index (χ4v) is 2.05. The van der Waals surface area contributed by atoms with E-state index in [1.807, 2.05) is 0 Å². The topological polar surface area (TPSA) is 78.8 Å². The highest BCUT2D eigenvalue weighted by Gasteiger charge is 2.22. The summed E-state index contributed by atoms with van der Waals surface area (Å²) in [7, 11) is 1.63. The molecule has 0 bridgehead atoms. The van der Waals surface area contributed by atoms with Crippen molar-refractivity contribution in [2.24, 2.45) is 5.92 Å². The Morgan fingerprint density at radius 3 is 2.75 bits per heavy atom. The Morgan fingerprint density at radius 2 is 2.15 bits per heavy atom. The summed E-state index contributed by atoms with van der Waals surface area (Å²) in [6, 6.07) is 4.16. The van der Waals surface area contributed by atoms with Crippen LogP contribution >= 0.6 is 0 Å². The van der Waals surface area contributed by atoms with Gasteiger partial charge in [-0.25, -0.2) is 9.07 Å². The van der Waals surface area contributed by atoms with Crippen LogP contribution in [0.25, 0.3) is 11.4 Å². The minimum absolute atomic E-state index is 0.0190. The quantitative estimate of drug-likeness (QED) is 0.846. The molecule has 2 N–H and O–H groups in total. The average molecular weight is 279 g/mol. The van der Waals surface area contributed by atoms with E-state index >= 15 is 0 Å². The van der Waals surface area contributed by atoms with Crippen LogP contribution in [-0.2, 0) is 4.74 Å². The van der Waals surface area contributed by atoms with E-state index in [0.717, 1.165) is 0 Å². The van der Waals surface area contributed by atoms with Crippen LogP contribution in [0, 0.1) is 11.7 Å². The van der Waals surface area contributed by atoms with Gasteiger partial charge in [-0.2, -0.15) is 0 Å². The molecule has 0 aliphatic carbocycles. The Labute approximate surface area is 116 Å². The molecule has 108 valence electrons. The van der Waals surface area contributed by atoms with Gasteiger partial charge in [0, 0.05) is 18.4 Å². The molecule has 6 nitrogen and oxygen atoms in total. The summed E-state index contributed by atoms with van der Waals surface area (Å²) >= 11 is 0. The first kappa shape index (κ1) is 14.4. The highest BCUT2D eigenvalue weighted by Crippen LogP contribution is 2.28. The van der Waals surface area contributed by atoms with Gasteiger partial charge < -0.3 is 10.5 Å². The third kappa shape index (κ3) is 2.77. The van der Waals surface area contributed by atoms with Gasteiger partial charge in [0.2, 0.25) is 0 Å². The highest BCUT2D eigenvalue weighted by molar-refractivity contribution is 5.71. The van der Waals surface area contributed by atoms with Crippen molar-refractivity contribution in [2.45, 2.75) is 19.9 Å². The smallest absolute Gasteiger partial charge is 0.184 e. The van der Waals surface area contributed by atoms with E-state index in [-0.39, 0.29) is 17.8 Å². The van der Waals surface area contributed by atoms with Gasteiger partial charge in [-0.3, -0.25) is 0 Å². The van der Waals surface area contributed by atoms with E-state index in [0.29, 0.717) is 23.7 Å². The fourth-order valence-electron chi connectivity index (χ4n) is 2.05. The third-order valence-electron chi connectivity index (χ3n) is 3.17. The standard InChI is InChI=1S/C13H18FN5O/c1-8(2)12(7-20-3)19-13(16-17-18-19)10-5-4-9(14)6-11(10)15/h4-6,8,12H,7,15H2,1-3H3. The summed E-state index contributed by atoms with van der Waals surface area (Å²) < 4.78 is 20.0. The predicted octanol–water partition coefficient (Wildman–Crippen LogP) is 1.90. The van der Waals surface area contributed by atoms with E-state index in [4.69, 9.17) is 10.5 Å². The van der Waals surface area contributed by atoms with Crippen LogP contribution in [0.4, 0.5) is 10.1 Å². The molecule has 0 spiro atoms. The normalized spacial score (nSPS) is 12.8. The number of ether oxygens (including phenoxy) is 1. The molecular weight excluding hydrogens is 261 g/mol. The Kier molecular flexibility index (Phi) is 4.29. The van der Waals surface area contributed by atoms with Gasteiger partial charge >= 0.3 is 0 Å². The van der Waals surface area contributed by atoms with Gasteiger partial charge in [-0.05, 0) is 34.5 Å². The molecule has 2 aromatic rings. The number of nitrogens with two attached hydrogens (primary N) is 1. The lowest BCUT2D eigenvalue weighted by molar-refractivity contribution is 0.126. The molecule has 0 amide bonds. The first-order chi connectivity index (χ1) is 9.54. The SMILES string of the molecule is COCC(C(C)C)n1nnnc1-c1ccc(F)cc1N. The van der Waals surface area contributed by atoms with E-state index in [1.54, 1.807) is 17.9 Å². The Balaban J connectivity index is 2.46. The zero-order chi connectivity index (χ0) is 14.7. The van der Waals surface area contributed by atoms with E-state index in [9.17, 15) is 4.39 Å². The average Bonchev–Trinajstić information content (AvgIpc) is 2.84. The molecule has 1 aromatic heterocycles. The monoisotopic (exact) mass is 279 g/mol. The Hall–Kier alpha value is -2.02. The summed E-state index contributed by atoms with van der Waals surface area (Å²) in [6.45, 7) is 4.60. The lowest BCUT2D eigenvalue weighted by Gasteiger charge is -2.21. The van der Waals surface area contributed by atoms with E-state index in [2.05, 4.69) is 29.4 Å². The zero-order valence-electron chi connectivity index (χ0n) is 11.7. The molecule has 20 heavy (non-hydrogen) atoms. The fraction of sp³-hybridized carbons (Fsp3) is 0.462. The van der Waals surface area contributed by atoms with E-state index < -0.39 is 0 Å². The molecule has 0 saturated carbocycles. The molecule has 0 fully saturated rings. The Morgan fingerprint density at radius 1 is 1.40 bits per heavy atom. The van der Waals surface area contributed by atoms with Crippen molar-refractivity contribution < 1.29 is 9.13 Å². The maximum absolute atomic E-state index is 13.1. The van der Waals surface area contributed by atoms with Crippen LogP contribution in [-0.4, -0.2) is 33.9 Å². The lowest BCUT2D eigenvalue weighted by Crippen LogP contribution is -2.22. The van der Waals surface area contributed by atoms with Crippen LogP contribution in [0.15, 0.2) is 18.2 Å². The second-order valence-corrected chi connectivity index (χ2v) is 4.95. The molecule has 0 aliphatic heterocycles. The number of hydrogen-bond donors (Lipinski definition) is 1. The second-order valence-electron chi connectivity index (χ2n) is 4.95. The van der Waals surface area contributed by atoms with Gasteiger partial charge in [0.1, 0.15) is 5.82 Å². The molecule has 1 heterocycles. The minimum Gasteiger partial charge on any atom is -0.398 e. The van der Waals surface area contributed by atoms with Gasteiger partial charge in [0.05, 0.1) is 12.6 Å². The number of anilines is 1. The molecular formula is C13H18FN5O. The molecule has 1 atom stereocenters. The first-order valence-electron chi connectivity index (χ1n) is 6.36. The van der Waals surface area contributed by atoms with Crippen molar-refractivity contribution in [3.63, 3.8) is 0 Å². The maximum atomic E-state index is 13.1. The Bertz CT molecular complexity index is 584. The predicted molar refractivity (Wildman–Crippen MR) is 73.4 cm³/mol. The number of nitrogens with zero attached hydrogens (tertiary/aromatic N) is 4. The van der Waals surface area contributed by atoms with Gasteiger partial charge in [-0.15, -0.1) is 5.10 Å². The first-order valence-corrected chi connectivity index (χ1v) is 6.36. The van der Waals surface area contributed by atoms with Gasteiger partial charge in [0.25, 0.3) is 0 Å². The number of benzene rings is 1. The molecule has 1 unspecified atom stereocenters. The number of rotatable bonds is 5. The van der Waals surface area contributed by atoms with Crippen LogP contribution in [0.3, 0.4) is 0 Å². The summed E-state index contributed by atoms with van der Waals surface area (Å²) in [5.41, 5.74) is 6.77. The summed E-state index contributed by atoms with van der Waals surface area (Å²) in [6.07, 6.45) is 0. The number of nitrogen functional groups attached to an aromatic ring is 1. The molecule has 1 aromatic carbocycles. The summed E-state index contributed by atoms with van der Waals surface area (Å²) in [5, 5.41) is 11.7. The van der Waals surface area contributed by atoms with Gasteiger partial charge in [-0.1, -0.05) is 13.8 Å². The maximum Gasteiger partial charge on any atom is 0.184 e. The van der Waals surface area contributed by atoms with Gasteiger partial charge in [0.15, 0.2) is 5.82 Å². The van der Waals surface area contributed by atoms with Crippen molar-refractivity contribution in [1.82, 2.24) is 20.2 Å². The molecule has 7 heteroatoms. The summed E-state index contributed by atoms with van der Waals surface area (Å²) in [5.74, 6) is 0.402. The molecule has 0 radical (unpaired) electrons. The molecule has 2 rings (SSSR count). The van der Waals surface area contributed by atoms with Crippen molar-refractivity contribution in [3.8, 4) is 11.4 Å². The van der Waals surface area contributed by atoms with Crippen LogP contribution < -0.4 is 5.73 Å². The zero-order valence-corrected chi connectivity index (χ0v) is 11.7. The number of methoxy groups -OCH3 is 1. The number of hydrogen-bond acceptors (Lipinski definition) is 5. The van der Waals surface area contributed by atoms with Crippen molar-refractivity contribution in [1.29, 1.82) is 0 Å². The van der Waals surface area contributed by atoms with Crippen molar-refractivity contribution >= 4 is 5.69 Å². The highest BCUT2D eigenvalue weighted by atomic mass is 19.1. The molecule has 0 aliphatic rings. The number of halogens is 1. The van der Waals surface area contributed by atoms with Crippen LogP contribution in [0.2, 0.25) is 0 Å². The third-order valence-corrected chi connectivity index (χ3v) is 3.17. The molecule has 0 saturated heterocycles. The van der Waals surface area contributed by atoms with Crippen LogP contribution in [0.1, 0.15) is 19.9 Å².